The van der Waals surface area contributed by atoms with Crippen LogP contribution in [0, 0.1) is 0 Å². The average molecular weight is 416 g/mol. The molecule has 0 aliphatic carbocycles. The van der Waals surface area contributed by atoms with E-state index in [1.807, 2.05) is 56.8 Å². The first-order valence-corrected chi connectivity index (χ1v) is 10.9. The summed E-state index contributed by atoms with van der Waals surface area (Å²) in [5.74, 6) is 0.935. The van der Waals surface area contributed by atoms with Gasteiger partial charge in [0, 0.05) is 23.6 Å². The van der Waals surface area contributed by atoms with E-state index in [2.05, 4.69) is 29.2 Å². The molecule has 2 aromatic rings. The van der Waals surface area contributed by atoms with Crippen LogP contribution in [0.15, 0.2) is 53.4 Å². The summed E-state index contributed by atoms with van der Waals surface area (Å²) in [6, 6.07) is 16.1. The highest BCUT2D eigenvalue weighted by atomic mass is 32.2. The van der Waals surface area contributed by atoms with Crippen molar-refractivity contribution in [3.63, 3.8) is 0 Å². The second kappa shape index (κ2) is 9.55. The maximum absolute atomic E-state index is 11.5. The van der Waals surface area contributed by atoms with Gasteiger partial charge in [-0.25, -0.2) is 4.79 Å². The molecule has 1 atom stereocenters. The number of fused-ring (bicyclic) bond motifs is 1. The van der Waals surface area contributed by atoms with Gasteiger partial charge in [0.25, 0.3) is 0 Å². The molecule has 1 heterocycles. The average Bonchev–Trinajstić information content (AvgIpc) is 2.68. The monoisotopic (exact) mass is 415 g/mol. The summed E-state index contributed by atoms with van der Waals surface area (Å²) in [6.45, 7) is 8.04. The van der Waals surface area contributed by atoms with E-state index in [-0.39, 0.29) is 0 Å². The van der Waals surface area contributed by atoms with Crippen LogP contribution in [0.3, 0.4) is 0 Å². The van der Waals surface area contributed by atoms with Gasteiger partial charge in [-0.3, -0.25) is 0 Å². The minimum absolute atomic E-state index is 0.328. The second-order valence-corrected chi connectivity index (χ2v) is 9.19. The first-order valence-electron chi connectivity index (χ1n) is 9.91. The quantitative estimate of drug-likeness (QED) is 0.686. The molecule has 0 aromatic heterocycles. The molecule has 29 heavy (non-hydrogen) atoms. The molecule has 2 aromatic carbocycles. The lowest BCUT2D eigenvalue weighted by molar-refractivity contribution is -0.159. The van der Waals surface area contributed by atoms with E-state index >= 15 is 0 Å². The number of carboxylic acids is 1. The van der Waals surface area contributed by atoms with E-state index in [1.165, 1.54) is 10.6 Å². The molecule has 0 spiro atoms. The van der Waals surface area contributed by atoms with Crippen LogP contribution in [-0.2, 0) is 16.0 Å². The van der Waals surface area contributed by atoms with Crippen molar-refractivity contribution in [2.75, 3.05) is 30.3 Å². The summed E-state index contributed by atoms with van der Waals surface area (Å²) >= 11 is 1.90. The van der Waals surface area contributed by atoms with Crippen molar-refractivity contribution in [2.24, 2.45) is 0 Å². The summed E-state index contributed by atoms with van der Waals surface area (Å²) in [5.41, 5.74) is 1.69. The van der Waals surface area contributed by atoms with Crippen molar-refractivity contribution >= 4 is 23.4 Å². The molecule has 156 valence electrons. The molecule has 6 heteroatoms. The zero-order chi connectivity index (χ0) is 20.9. The van der Waals surface area contributed by atoms with Gasteiger partial charge in [0.2, 0.25) is 0 Å². The Morgan fingerprint density at radius 3 is 2.59 bits per heavy atom. The molecular weight excluding hydrogens is 386 g/mol. The maximum atomic E-state index is 11.5. The number of aliphatic carboxylic acids is 1. The number of hydrogen-bond acceptors (Lipinski definition) is 5. The van der Waals surface area contributed by atoms with Gasteiger partial charge in [0.15, 0.2) is 6.10 Å². The van der Waals surface area contributed by atoms with Crippen LogP contribution in [0.4, 0.5) is 5.69 Å². The van der Waals surface area contributed by atoms with E-state index in [9.17, 15) is 9.90 Å². The molecule has 0 saturated carbocycles. The molecule has 0 saturated heterocycles. The molecule has 0 unspecified atom stereocenters. The normalized spacial score (nSPS) is 14.9. The van der Waals surface area contributed by atoms with Gasteiger partial charge < -0.3 is 19.5 Å². The lowest BCUT2D eigenvalue weighted by atomic mass is 10.1. The molecule has 0 bridgehead atoms. The lowest BCUT2D eigenvalue weighted by Crippen LogP contribution is -2.34. The number of carbonyl (C=O) groups is 1. The summed E-state index contributed by atoms with van der Waals surface area (Å²) in [4.78, 5) is 15.2. The Morgan fingerprint density at radius 1 is 1.17 bits per heavy atom. The summed E-state index contributed by atoms with van der Waals surface area (Å²) < 4.78 is 11.6. The molecule has 1 aliphatic rings. The van der Waals surface area contributed by atoms with E-state index < -0.39 is 17.7 Å². The third-order valence-electron chi connectivity index (χ3n) is 4.57. The first kappa shape index (κ1) is 21.5. The molecule has 1 N–H and O–H groups in total. The summed E-state index contributed by atoms with van der Waals surface area (Å²) in [5, 5.41) is 9.41. The predicted molar refractivity (Wildman–Crippen MR) is 117 cm³/mol. The predicted octanol–water partition coefficient (Wildman–Crippen LogP) is 4.49. The standard InChI is InChI=1S/C23H29NO4S/c1-23(2,3)28-20(22(25)26)16-17-8-10-18(11-9-17)27-14-12-24-13-15-29-21-7-5-4-6-19(21)24/h4-11,20H,12-16H2,1-3H3,(H,25,26)/t20-/m0/s1. The number of ether oxygens (including phenoxy) is 2. The van der Waals surface area contributed by atoms with Crippen LogP contribution < -0.4 is 9.64 Å². The Kier molecular flexibility index (Phi) is 7.09. The topological polar surface area (TPSA) is 59.0 Å². The summed E-state index contributed by atoms with van der Waals surface area (Å²) in [6.07, 6.45) is -0.534. The maximum Gasteiger partial charge on any atom is 0.333 e. The van der Waals surface area contributed by atoms with Crippen molar-refractivity contribution in [2.45, 2.75) is 43.8 Å². The Balaban J connectivity index is 1.51. The molecular formula is C23H29NO4S. The number of thioether (sulfide) groups is 1. The van der Waals surface area contributed by atoms with Crippen LogP contribution in [0.5, 0.6) is 5.75 Å². The van der Waals surface area contributed by atoms with Crippen molar-refractivity contribution in [1.82, 2.24) is 0 Å². The largest absolute Gasteiger partial charge is 0.492 e. The molecule has 5 nitrogen and oxygen atoms in total. The van der Waals surface area contributed by atoms with Crippen molar-refractivity contribution < 1.29 is 19.4 Å². The number of benzene rings is 2. The highest BCUT2D eigenvalue weighted by Crippen LogP contribution is 2.34. The van der Waals surface area contributed by atoms with Crippen LogP contribution in [0.2, 0.25) is 0 Å². The van der Waals surface area contributed by atoms with Gasteiger partial charge in [0.1, 0.15) is 12.4 Å². The fourth-order valence-corrected chi connectivity index (χ4v) is 4.33. The zero-order valence-corrected chi connectivity index (χ0v) is 18.1. The fourth-order valence-electron chi connectivity index (χ4n) is 3.27. The highest BCUT2D eigenvalue weighted by molar-refractivity contribution is 7.99. The Hall–Kier alpha value is -2.18. The number of nitrogens with zero attached hydrogens (tertiary/aromatic N) is 1. The van der Waals surface area contributed by atoms with Gasteiger partial charge in [0.05, 0.1) is 17.8 Å². The minimum atomic E-state index is -0.944. The van der Waals surface area contributed by atoms with Crippen LogP contribution in [0.25, 0.3) is 0 Å². The smallest absolute Gasteiger partial charge is 0.333 e. The third-order valence-corrected chi connectivity index (χ3v) is 5.61. The summed E-state index contributed by atoms with van der Waals surface area (Å²) in [7, 11) is 0. The number of para-hydroxylation sites is 1. The minimum Gasteiger partial charge on any atom is -0.492 e. The van der Waals surface area contributed by atoms with E-state index in [0.29, 0.717) is 13.0 Å². The van der Waals surface area contributed by atoms with Crippen molar-refractivity contribution in [3.8, 4) is 5.75 Å². The molecule has 0 fully saturated rings. The van der Waals surface area contributed by atoms with Crippen LogP contribution >= 0.6 is 11.8 Å². The fraction of sp³-hybridized carbons (Fsp3) is 0.435. The third kappa shape index (κ3) is 6.41. The highest BCUT2D eigenvalue weighted by Gasteiger charge is 2.25. The Bertz CT molecular complexity index is 816. The first-order chi connectivity index (χ1) is 13.8. The van der Waals surface area contributed by atoms with Crippen molar-refractivity contribution in [3.05, 3.63) is 54.1 Å². The van der Waals surface area contributed by atoms with Gasteiger partial charge in [-0.15, -0.1) is 11.8 Å². The number of hydrogen-bond donors (Lipinski definition) is 1. The van der Waals surface area contributed by atoms with Crippen LogP contribution in [0.1, 0.15) is 26.3 Å². The molecule has 0 radical (unpaired) electrons. The Morgan fingerprint density at radius 2 is 1.90 bits per heavy atom. The zero-order valence-electron chi connectivity index (χ0n) is 17.3. The van der Waals surface area contributed by atoms with Gasteiger partial charge in [-0.1, -0.05) is 24.3 Å². The van der Waals surface area contributed by atoms with Crippen molar-refractivity contribution in [1.29, 1.82) is 0 Å². The van der Waals surface area contributed by atoms with Gasteiger partial charge in [-0.2, -0.15) is 0 Å². The SMILES string of the molecule is CC(C)(C)O[C@@H](Cc1ccc(OCCN2CCSc3ccccc32)cc1)C(=O)O. The van der Waals surface area contributed by atoms with Gasteiger partial charge >= 0.3 is 5.97 Å². The van der Waals surface area contributed by atoms with Gasteiger partial charge in [-0.05, 0) is 50.6 Å². The number of carboxylic acid groups (broad SMARTS) is 1. The molecule has 3 rings (SSSR count). The molecule has 0 amide bonds. The lowest BCUT2D eigenvalue weighted by Gasteiger charge is -2.30. The van der Waals surface area contributed by atoms with E-state index in [4.69, 9.17) is 9.47 Å². The Labute approximate surface area is 177 Å². The number of rotatable bonds is 8. The second-order valence-electron chi connectivity index (χ2n) is 8.06. The van der Waals surface area contributed by atoms with E-state index in [1.54, 1.807) is 0 Å². The molecule has 1 aliphatic heterocycles. The van der Waals surface area contributed by atoms with Crippen LogP contribution in [-0.4, -0.2) is 48.2 Å². The van der Waals surface area contributed by atoms with E-state index in [0.717, 1.165) is 30.2 Å². The number of anilines is 1.